The minimum absolute atomic E-state index is 0.0647. The number of fused-ring (bicyclic) bond motifs is 1. The topological polar surface area (TPSA) is 73.6 Å². The number of carbonyl (C=O) groups excluding carboxylic acids is 1. The number of benzene rings is 1. The van der Waals surface area contributed by atoms with Crippen molar-refractivity contribution in [3.63, 3.8) is 0 Å². The molecule has 1 heterocycles. The van der Waals surface area contributed by atoms with Crippen LogP contribution in [-0.4, -0.2) is 17.7 Å². The fraction of sp³-hybridized carbons (Fsp3) is 0.467. The summed E-state index contributed by atoms with van der Waals surface area (Å²) in [7, 11) is 0. The zero-order valence-corrected chi connectivity index (χ0v) is 12.5. The number of carbonyl (C=O) groups is 1. The average Bonchev–Trinajstić information content (AvgIpc) is 3.13. The smallest absolute Gasteiger partial charge is 0.233 e. The predicted octanol–water partition coefficient (Wildman–Crippen LogP) is 1.88. The minimum Gasteiger partial charge on any atom is -0.454 e. The van der Waals surface area contributed by atoms with Gasteiger partial charge in [0.05, 0.1) is 10.4 Å². The van der Waals surface area contributed by atoms with Gasteiger partial charge in [-0.1, -0.05) is 31.1 Å². The van der Waals surface area contributed by atoms with Gasteiger partial charge in [-0.3, -0.25) is 4.79 Å². The molecule has 0 saturated heterocycles. The molecule has 0 unspecified atom stereocenters. The Bertz CT molecular complexity index is 582. The summed E-state index contributed by atoms with van der Waals surface area (Å²) in [5.74, 6) is 1.39. The quantitative estimate of drug-likeness (QED) is 0.831. The lowest BCUT2D eigenvalue weighted by Crippen LogP contribution is -2.46. The van der Waals surface area contributed by atoms with E-state index in [0.29, 0.717) is 17.3 Å². The number of hydrogen-bond acceptors (Lipinski definition) is 4. The van der Waals surface area contributed by atoms with Crippen molar-refractivity contribution in [2.45, 2.75) is 32.2 Å². The van der Waals surface area contributed by atoms with Crippen molar-refractivity contribution in [1.82, 2.24) is 5.32 Å². The van der Waals surface area contributed by atoms with Crippen LogP contribution in [0, 0.1) is 5.41 Å². The van der Waals surface area contributed by atoms with Gasteiger partial charge in [0.2, 0.25) is 12.7 Å². The molecule has 1 aromatic carbocycles. The lowest BCUT2D eigenvalue weighted by molar-refractivity contribution is -0.127. The molecule has 1 amide bonds. The molecule has 3 N–H and O–H groups in total. The molecule has 0 radical (unpaired) electrons. The number of nitrogens with one attached hydrogen (secondary N) is 1. The molecule has 21 heavy (non-hydrogen) atoms. The summed E-state index contributed by atoms with van der Waals surface area (Å²) >= 11 is 5.12. The summed E-state index contributed by atoms with van der Waals surface area (Å²) in [5.41, 5.74) is 6.11. The summed E-state index contributed by atoms with van der Waals surface area (Å²) in [6.45, 7) is 0.676. The molecular weight excluding hydrogens is 288 g/mol. The third kappa shape index (κ3) is 2.55. The monoisotopic (exact) mass is 306 g/mol. The zero-order valence-electron chi connectivity index (χ0n) is 11.7. The Morgan fingerprint density at radius 1 is 1.29 bits per heavy atom. The van der Waals surface area contributed by atoms with Gasteiger partial charge in [-0.15, -0.1) is 0 Å². The van der Waals surface area contributed by atoms with E-state index < -0.39 is 5.41 Å². The number of thiocarbonyl (C=S) groups is 1. The molecule has 6 heteroatoms. The first-order valence-electron chi connectivity index (χ1n) is 7.08. The second kappa shape index (κ2) is 5.52. The fourth-order valence-corrected chi connectivity index (χ4v) is 3.26. The van der Waals surface area contributed by atoms with Crippen LogP contribution in [0.5, 0.6) is 11.5 Å². The SMILES string of the molecule is NC(=S)C1(C(=O)NCc2ccc3c(c2)OCO3)CCCC1. The van der Waals surface area contributed by atoms with E-state index in [1.165, 1.54) is 0 Å². The molecule has 1 aromatic rings. The minimum atomic E-state index is -0.661. The van der Waals surface area contributed by atoms with Crippen molar-refractivity contribution >= 4 is 23.1 Å². The molecule has 1 fully saturated rings. The molecule has 0 bridgehead atoms. The molecule has 1 saturated carbocycles. The molecule has 112 valence electrons. The predicted molar refractivity (Wildman–Crippen MR) is 82.1 cm³/mol. The standard InChI is InChI=1S/C15H18N2O3S/c16-13(21)15(5-1-2-6-15)14(18)17-8-10-3-4-11-12(7-10)20-9-19-11/h3-4,7H,1-2,5-6,8-9H2,(H2,16,21)(H,17,18). The van der Waals surface area contributed by atoms with Crippen molar-refractivity contribution in [3.8, 4) is 11.5 Å². The first kappa shape index (κ1) is 14.1. The van der Waals surface area contributed by atoms with Gasteiger partial charge in [0.25, 0.3) is 0 Å². The number of ether oxygens (including phenoxy) is 2. The van der Waals surface area contributed by atoms with Crippen LogP contribution in [0.3, 0.4) is 0 Å². The maximum atomic E-state index is 12.5. The molecule has 1 aliphatic heterocycles. The van der Waals surface area contributed by atoms with Crippen molar-refractivity contribution in [3.05, 3.63) is 23.8 Å². The Labute approximate surface area is 128 Å². The van der Waals surface area contributed by atoms with Crippen LogP contribution in [0.2, 0.25) is 0 Å². The van der Waals surface area contributed by atoms with Gasteiger partial charge < -0.3 is 20.5 Å². The summed E-state index contributed by atoms with van der Waals surface area (Å²) in [5, 5.41) is 2.95. The van der Waals surface area contributed by atoms with Crippen LogP contribution < -0.4 is 20.5 Å². The summed E-state index contributed by atoms with van der Waals surface area (Å²) < 4.78 is 10.6. The lowest BCUT2D eigenvalue weighted by atomic mass is 9.85. The van der Waals surface area contributed by atoms with E-state index in [4.69, 9.17) is 27.4 Å². The molecule has 3 rings (SSSR count). The van der Waals surface area contributed by atoms with E-state index in [9.17, 15) is 4.79 Å². The van der Waals surface area contributed by atoms with Crippen molar-refractivity contribution in [1.29, 1.82) is 0 Å². The molecule has 0 aromatic heterocycles. The number of rotatable bonds is 4. The van der Waals surface area contributed by atoms with E-state index in [2.05, 4.69) is 5.32 Å². The summed E-state index contributed by atoms with van der Waals surface area (Å²) in [4.78, 5) is 12.8. The van der Waals surface area contributed by atoms with E-state index in [1.54, 1.807) is 0 Å². The van der Waals surface area contributed by atoms with Gasteiger partial charge in [0, 0.05) is 6.54 Å². The first-order chi connectivity index (χ1) is 10.1. The van der Waals surface area contributed by atoms with Crippen molar-refractivity contribution in [2.24, 2.45) is 11.1 Å². The Hall–Kier alpha value is -1.82. The van der Waals surface area contributed by atoms with Crippen molar-refractivity contribution < 1.29 is 14.3 Å². The molecule has 0 atom stereocenters. The van der Waals surface area contributed by atoms with Crippen LogP contribution in [0.4, 0.5) is 0 Å². The summed E-state index contributed by atoms with van der Waals surface area (Å²) in [6.07, 6.45) is 3.48. The maximum absolute atomic E-state index is 12.5. The summed E-state index contributed by atoms with van der Waals surface area (Å²) in [6, 6.07) is 5.64. The number of amides is 1. The highest BCUT2D eigenvalue weighted by Gasteiger charge is 2.43. The molecule has 5 nitrogen and oxygen atoms in total. The van der Waals surface area contributed by atoms with Gasteiger partial charge in [0.1, 0.15) is 0 Å². The zero-order chi connectivity index (χ0) is 14.9. The van der Waals surface area contributed by atoms with E-state index in [-0.39, 0.29) is 12.7 Å². The molecule has 1 aliphatic carbocycles. The van der Waals surface area contributed by atoms with Crippen LogP contribution in [0.15, 0.2) is 18.2 Å². The number of nitrogens with two attached hydrogens (primary N) is 1. The van der Waals surface area contributed by atoms with Gasteiger partial charge >= 0.3 is 0 Å². The third-order valence-electron chi connectivity index (χ3n) is 4.25. The molecule has 0 spiro atoms. The van der Waals surface area contributed by atoms with Gasteiger partial charge in [-0.05, 0) is 30.5 Å². The Morgan fingerprint density at radius 2 is 2.00 bits per heavy atom. The van der Waals surface area contributed by atoms with Gasteiger partial charge in [-0.2, -0.15) is 0 Å². The van der Waals surface area contributed by atoms with Crippen LogP contribution in [0.25, 0.3) is 0 Å². The van der Waals surface area contributed by atoms with E-state index >= 15 is 0 Å². The number of hydrogen-bond donors (Lipinski definition) is 2. The first-order valence-corrected chi connectivity index (χ1v) is 7.49. The van der Waals surface area contributed by atoms with E-state index in [0.717, 1.165) is 37.0 Å². The second-order valence-electron chi connectivity index (χ2n) is 5.52. The maximum Gasteiger partial charge on any atom is 0.233 e. The Kier molecular flexibility index (Phi) is 3.71. The highest BCUT2D eigenvalue weighted by molar-refractivity contribution is 7.80. The molecule has 2 aliphatic rings. The lowest BCUT2D eigenvalue weighted by Gasteiger charge is -2.26. The average molecular weight is 306 g/mol. The van der Waals surface area contributed by atoms with Crippen LogP contribution in [-0.2, 0) is 11.3 Å². The van der Waals surface area contributed by atoms with Crippen molar-refractivity contribution in [2.75, 3.05) is 6.79 Å². The fourth-order valence-electron chi connectivity index (χ4n) is 2.97. The normalized spacial score (nSPS) is 18.5. The van der Waals surface area contributed by atoms with Crippen LogP contribution >= 0.6 is 12.2 Å². The Balaban J connectivity index is 1.67. The van der Waals surface area contributed by atoms with Crippen LogP contribution in [0.1, 0.15) is 31.2 Å². The van der Waals surface area contributed by atoms with Gasteiger partial charge in [-0.25, -0.2) is 0 Å². The third-order valence-corrected chi connectivity index (χ3v) is 4.64. The molecular formula is C15H18N2O3S. The van der Waals surface area contributed by atoms with Gasteiger partial charge in [0.15, 0.2) is 11.5 Å². The Morgan fingerprint density at radius 3 is 2.71 bits per heavy atom. The highest BCUT2D eigenvalue weighted by Crippen LogP contribution is 2.39. The largest absolute Gasteiger partial charge is 0.454 e. The highest BCUT2D eigenvalue weighted by atomic mass is 32.1. The second-order valence-corrected chi connectivity index (χ2v) is 5.96. The van der Waals surface area contributed by atoms with E-state index in [1.807, 2.05) is 18.2 Å².